The van der Waals surface area contributed by atoms with Crippen molar-refractivity contribution >= 4 is 5.97 Å². The molecule has 5 nitrogen and oxygen atoms in total. The van der Waals surface area contributed by atoms with Crippen molar-refractivity contribution in [2.75, 3.05) is 19.7 Å². The molecule has 1 fully saturated rings. The molecule has 0 saturated carbocycles. The number of carbonyl (C=O) groups excluding carboxylic acids is 1. The molecular weight excluding hydrogens is 326 g/mol. The lowest BCUT2D eigenvalue weighted by molar-refractivity contribution is -0.159. The summed E-state index contributed by atoms with van der Waals surface area (Å²) in [7, 11) is 0. The van der Waals surface area contributed by atoms with Crippen molar-refractivity contribution in [3.05, 3.63) is 53.9 Å². The molecular formula is C21H29N3O2. The van der Waals surface area contributed by atoms with Crippen molar-refractivity contribution in [3.8, 4) is 0 Å². The first-order valence-electron chi connectivity index (χ1n) is 9.60. The van der Waals surface area contributed by atoms with Crippen LogP contribution in [-0.4, -0.2) is 40.3 Å². The predicted molar refractivity (Wildman–Crippen MR) is 102 cm³/mol. The molecule has 1 saturated heterocycles. The Morgan fingerprint density at radius 2 is 2.04 bits per heavy atom. The van der Waals surface area contributed by atoms with Crippen LogP contribution >= 0.6 is 0 Å². The van der Waals surface area contributed by atoms with Gasteiger partial charge in [-0.1, -0.05) is 30.3 Å². The van der Waals surface area contributed by atoms with E-state index in [1.165, 1.54) is 11.1 Å². The zero-order valence-electron chi connectivity index (χ0n) is 15.9. The number of aryl methyl sites for hydroxylation is 1. The number of likely N-dealkylation sites (tertiary alicyclic amines) is 1. The molecule has 140 valence electrons. The van der Waals surface area contributed by atoms with Gasteiger partial charge < -0.3 is 4.74 Å². The number of benzene rings is 1. The Hall–Kier alpha value is -2.14. The summed E-state index contributed by atoms with van der Waals surface area (Å²) in [6.07, 6.45) is 6.65. The Morgan fingerprint density at radius 1 is 1.23 bits per heavy atom. The van der Waals surface area contributed by atoms with Crippen LogP contribution in [0.15, 0.2) is 42.7 Å². The van der Waals surface area contributed by atoms with Crippen LogP contribution in [0.2, 0.25) is 0 Å². The Bertz CT molecular complexity index is 713. The van der Waals surface area contributed by atoms with Gasteiger partial charge in [0.15, 0.2) is 0 Å². The molecule has 0 aliphatic carbocycles. The second-order valence-electron chi connectivity index (χ2n) is 7.18. The number of hydrogen-bond acceptors (Lipinski definition) is 4. The number of esters is 1. The van der Waals surface area contributed by atoms with Crippen molar-refractivity contribution in [2.24, 2.45) is 5.41 Å². The Morgan fingerprint density at radius 3 is 2.73 bits per heavy atom. The zero-order chi connectivity index (χ0) is 18.4. The summed E-state index contributed by atoms with van der Waals surface area (Å²) < 4.78 is 7.44. The third-order valence-corrected chi connectivity index (χ3v) is 5.17. The van der Waals surface area contributed by atoms with E-state index in [2.05, 4.69) is 35.3 Å². The van der Waals surface area contributed by atoms with Crippen LogP contribution in [0.1, 0.15) is 37.8 Å². The smallest absolute Gasteiger partial charge is 0.313 e. The summed E-state index contributed by atoms with van der Waals surface area (Å²) in [6.45, 7) is 7.85. The number of piperidine rings is 1. The first-order chi connectivity index (χ1) is 12.6. The molecule has 0 unspecified atom stereocenters. The number of rotatable bonds is 7. The van der Waals surface area contributed by atoms with E-state index in [4.69, 9.17) is 4.74 Å². The predicted octanol–water partition coefficient (Wildman–Crippen LogP) is 3.29. The van der Waals surface area contributed by atoms with Gasteiger partial charge in [0.2, 0.25) is 0 Å². The van der Waals surface area contributed by atoms with Gasteiger partial charge in [-0.05, 0) is 45.2 Å². The standard InChI is InChI=1S/C21H29N3O2/c1-3-24-16-19(14-22-24)15-23-12-8-11-21(17-23,20(25)26-4-2)13-18-9-6-5-7-10-18/h5-7,9-10,14,16H,3-4,8,11-13,15,17H2,1-2H3/t21-/m0/s1. The lowest BCUT2D eigenvalue weighted by atomic mass is 9.75. The molecule has 2 aromatic rings. The average Bonchev–Trinajstić information content (AvgIpc) is 3.10. The summed E-state index contributed by atoms with van der Waals surface area (Å²) in [5.74, 6) is -0.0576. The molecule has 26 heavy (non-hydrogen) atoms. The maximum atomic E-state index is 12.9. The van der Waals surface area contributed by atoms with Gasteiger partial charge >= 0.3 is 5.97 Å². The van der Waals surface area contributed by atoms with Crippen LogP contribution in [-0.2, 0) is 29.0 Å². The van der Waals surface area contributed by atoms with Crippen molar-refractivity contribution in [1.82, 2.24) is 14.7 Å². The summed E-state index contributed by atoms with van der Waals surface area (Å²) in [5, 5.41) is 4.37. The quantitative estimate of drug-likeness (QED) is 0.715. The van der Waals surface area contributed by atoms with E-state index in [-0.39, 0.29) is 5.97 Å². The molecule has 0 amide bonds. The second-order valence-corrected chi connectivity index (χ2v) is 7.18. The van der Waals surface area contributed by atoms with Crippen molar-refractivity contribution in [3.63, 3.8) is 0 Å². The fraction of sp³-hybridized carbons (Fsp3) is 0.524. The summed E-state index contributed by atoms with van der Waals surface area (Å²) in [4.78, 5) is 15.3. The van der Waals surface area contributed by atoms with E-state index < -0.39 is 5.41 Å². The topological polar surface area (TPSA) is 47.4 Å². The number of carbonyl (C=O) groups is 1. The molecule has 1 aliphatic rings. The third-order valence-electron chi connectivity index (χ3n) is 5.17. The van der Waals surface area contributed by atoms with E-state index >= 15 is 0 Å². The Kier molecular flexibility index (Phi) is 6.09. The third kappa shape index (κ3) is 4.33. The lowest BCUT2D eigenvalue weighted by Crippen LogP contribution is -2.49. The van der Waals surface area contributed by atoms with Crippen LogP contribution in [0.25, 0.3) is 0 Å². The fourth-order valence-electron chi connectivity index (χ4n) is 3.94. The minimum absolute atomic E-state index is 0.0576. The molecule has 0 radical (unpaired) electrons. The number of aromatic nitrogens is 2. The molecule has 0 N–H and O–H groups in total. The highest BCUT2D eigenvalue weighted by Gasteiger charge is 2.43. The van der Waals surface area contributed by atoms with Gasteiger partial charge in [0.05, 0.1) is 18.2 Å². The molecule has 1 aromatic carbocycles. The van der Waals surface area contributed by atoms with Crippen LogP contribution < -0.4 is 0 Å². The summed E-state index contributed by atoms with van der Waals surface area (Å²) in [5.41, 5.74) is 1.93. The van der Waals surface area contributed by atoms with E-state index in [0.717, 1.165) is 45.4 Å². The lowest BCUT2D eigenvalue weighted by Gasteiger charge is -2.41. The number of hydrogen-bond donors (Lipinski definition) is 0. The van der Waals surface area contributed by atoms with Gasteiger partial charge in [0.1, 0.15) is 0 Å². The van der Waals surface area contributed by atoms with E-state index in [1.54, 1.807) is 0 Å². The van der Waals surface area contributed by atoms with Gasteiger partial charge in [-0.3, -0.25) is 14.4 Å². The van der Waals surface area contributed by atoms with Gasteiger partial charge in [0.25, 0.3) is 0 Å². The van der Waals surface area contributed by atoms with Crippen molar-refractivity contribution in [1.29, 1.82) is 0 Å². The summed E-state index contributed by atoms with van der Waals surface area (Å²) >= 11 is 0. The van der Waals surface area contributed by atoms with Gasteiger partial charge in [-0.25, -0.2) is 0 Å². The molecule has 0 bridgehead atoms. The van der Waals surface area contributed by atoms with Crippen LogP contribution in [0.4, 0.5) is 0 Å². The van der Waals surface area contributed by atoms with Crippen LogP contribution in [0.3, 0.4) is 0 Å². The van der Waals surface area contributed by atoms with Crippen LogP contribution in [0.5, 0.6) is 0 Å². The Labute approximate surface area is 156 Å². The van der Waals surface area contributed by atoms with Crippen LogP contribution in [0, 0.1) is 5.41 Å². The second kappa shape index (κ2) is 8.49. The molecule has 2 heterocycles. The number of nitrogens with zero attached hydrogens (tertiary/aromatic N) is 3. The molecule has 1 aliphatic heterocycles. The highest BCUT2D eigenvalue weighted by molar-refractivity contribution is 5.77. The Balaban J connectivity index is 1.77. The SMILES string of the molecule is CCOC(=O)[C@]1(Cc2ccccc2)CCCN(Cc2cnn(CC)c2)C1. The van der Waals surface area contributed by atoms with Gasteiger partial charge in [-0.2, -0.15) is 5.10 Å². The zero-order valence-corrected chi connectivity index (χ0v) is 15.9. The molecule has 3 rings (SSSR count). The molecule has 1 atom stereocenters. The minimum atomic E-state index is -0.462. The van der Waals surface area contributed by atoms with E-state index in [0.29, 0.717) is 6.61 Å². The maximum Gasteiger partial charge on any atom is 0.313 e. The van der Waals surface area contributed by atoms with Gasteiger partial charge in [-0.15, -0.1) is 0 Å². The van der Waals surface area contributed by atoms with Crippen molar-refractivity contribution in [2.45, 2.75) is 46.2 Å². The van der Waals surface area contributed by atoms with E-state index in [9.17, 15) is 4.79 Å². The monoisotopic (exact) mass is 355 g/mol. The largest absolute Gasteiger partial charge is 0.466 e. The van der Waals surface area contributed by atoms with Gasteiger partial charge in [0, 0.05) is 31.4 Å². The average molecular weight is 355 g/mol. The van der Waals surface area contributed by atoms with Crippen molar-refractivity contribution < 1.29 is 9.53 Å². The fourth-order valence-corrected chi connectivity index (χ4v) is 3.94. The molecule has 1 aromatic heterocycles. The first-order valence-corrected chi connectivity index (χ1v) is 9.60. The molecule has 5 heteroatoms. The first kappa shape index (κ1) is 18.6. The molecule has 0 spiro atoms. The normalized spacial score (nSPS) is 20.8. The van der Waals surface area contributed by atoms with E-state index in [1.807, 2.05) is 36.0 Å². The maximum absolute atomic E-state index is 12.9. The highest BCUT2D eigenvalue weighted by atomic mass is 16.5. The summed E-state index contributed by atoms with van der Waals surface area (Å²) in [6, 6.07) is 10.3. The number of ether oxygens (including phenoxy) is 1. The highest BCUT2D eigenvalue weighted by Crippen LogP contribution is 2.36. The minimum Gasteiger partial charge on any atom is -0.466 e.